The van der Waals surface area contributed by atoms with Crippen LogP contribution in [0.1, 0.15) is 18.2 Å². The Morgan fingerprint density at radius 1 is 1.38 bits per heavy atom. The van der Waals surface area contributed by atoms with Crippen molar-refractivity contribution in [1.82, 2.24) is 9.88 Å². The van der Waals surface area contributed by atoms with Gasteiger partial charge in [-0.3, -0.25) is 4.79 Å². The van der Waals surface area contributed by atoms with Gasteiger partial charge in [0.05, 0.1) is 19.2 Å². The van der Waals surface area contributed by atoms with Crippen LogP contribution in [0.25, 0.3) is 0 Å². The van der Waals surface area contributed by atoms with Gasteiger partial charge >= 0.3 is 0 Å². The fourth-order valence-electron chi connectivity index (χ4n) is 2.00. The van der Waals surface area contributed by atoms with Gasteiger partial charge in [0.2, 0.25) is 5.91 Å². The molecule has 0 bridgehead atoms. The summed E-state index contributed by atoms with van der Waals surface area (Å²) in [5.41, 5.74) is 7.39. The normalized spacial score (nSPS) is 10.4. The van der Waals surface area contributed by atoms with Crippen molar-refractivity contribution in [2.75, 3.05) is 19.4 Å². The van der Waals surface area contributed by atoms with Crippen LogP contribution < -0.4 is 10.5 Å². The minimum atomic E-state index is 0.0543. The quantitative estimate of drug-likeness (QED) is 0.889. The van der Waals surface area contributed by atoms with Crippen LogP contribution >= 0.6 is 11.3 Å². The third-order valence-corrected chi connectivity index (χ3v) is 3.89. The largest absolute Gasteiger partial charge is 0.497 e. The predicted octanol–water partition coefficient (Wildman–Crippen LogP) is 2.33. The second-order valence-electron chi connectivity index (χ2n) is 4.61. The van der Waals surface area contributed by atoms with Gasteiger partial charge in [-0.25, -0.2) is 4.98 Å². The van der Waals surface area contributed by atoms with E-state index in [1.165, 1.54) is 11.3 Å². The van der Waals surface area contributed by atoms with Gasteiger partial charge in [0.15, 0.2) is 5.13 Å². The van der Waals surface area contributed by atoms with Gasteiger partial charge in [-0.1, -0.05) is 12.1 Å². The van der Waals surface area contributed by atoms with E-state index < -0.39 is 0 Å². The van der Waals surface area contributed by atoms with Crippen LogP contribution in [0.5, 0.6) is 5.75 Å². The zero-order valence-electron chi connectivity index (χ0n) is 12.2. The van der Waals surface area contributed by atoms with Crippen LogP contribution in [0.15, 0.2) is 29.6 Å². The van der Waals surface area contributed by atoms with Gasteiger partial charge in [-0.2, -0.15) is 0 Å². The summed E-state index contributed by atoms with van der Waals surface area (Å²) in [5, 5.41) is 2.32. The van der Waals surface area contributed by atoms with Crippen LogP contribution in [0.3, 0.4) is 0 Å². The Balaban J connectivity index is 1.99. The number of nitrogens with zero attached hydrogens (tertiary/aromatic N) is 2. The molecule has 1 aromatic carbocycles. The van der Waals surface area contributed by atoms with Crippen molar-refractivity contribution in [2.45, 2.75) is 19.9 Å². The van der Waals surface area contributed by atoms with Gasteiger partial charge in [0.1, 0.15) is 5.75 Å². The van der Waals surface area contributed by atoms with E-state index in [0.717, 1.165) is 17.0 Å². The van der Waals surface area contributed by atoms with E-state index in [1.54, 1.807) is 12.0 Å². The molecular weight excluding hydrogens is 286 g/mol. The highest BCUT2D eigenvalue weighted by Crippen LogP contribution is 2.15. The molecule has 1 heterocycles. The molecule has 21 heavy (non-hydrogen) atoms. The number of carbonyl (C=O) groups excluding carboxylic acids is 1. The van der Waals surface area contributed by atoms with Crippen molar-refractivity contribution in [3.63, 3.8) is 0 Å². The number of hydrogen-bond donors (Lipinski definition) is 1. The Labute approximate surface area is 128 Å². The minimum Gasteiger partial charge on any atom is -0.497 e. The molecule has 1 amide bonds. The molecule has 0 radical (unpaired) electrons. The van der Waals surface area contributed by atoms with Crippen molar-refractivity contribution in [3.05, 3.63) is 40.9 Å². The number of carbonyl (C=O) groups is 1. The Bertz CT molecular complexity index is 595. The number of ether oxygens (including phenoxy) is 1. The molecule has 0 saturated heterocycles. The van der Waals surface area contributed by atoms with E-state index in [4.69, 9.17) is 10.5 Å². The van der Waals surface area contributed by atoms with Gasteiger partial charge in [0.25, 0.3) is 0 Å². The smallest absolute Gasteiger partial charge is 0.228 e. The maximum atomic E-state index is 12.3. The Kier molecular flexibility index (Phi) is 5.16. The first-order valence-electron chi connectivity index (χ1n) is 6.73. The number of nitrogen functional groups attached to an aromatic ring is 1. The molecule has 0 spiro atoms. The first-order chi connectivity index (χ1) is 10.1. The SMILES string of the molecule is CCN(Cc1ccc(OC)cc1)C(=O)Cc1csc(N)n1. The molecule has 0 unspecified atom stereocenters. The van der Waals surface area contributed by atoms with Crippen LogP contribution in [-0.2, 0) is 17.8 Å². The number of nitrogens with two attached hydrogens (primary N) is 1. The molecule has 0 fully saturated rings. The molecule has 0 aliphatic heterocycles. The Morgan fingerprint density at radius 3 is 2.62 bits per heavy atom. The third kappa shape index (κ3) is 4.19. The molecule has 0 aliphatic carbocycles. The summed E-state index contributed by atoms with van der Waals surface area (Å²) in [6, 6.07) is 7.73. The Morgan fingerprint density at radius 2 is 2.10 bits per heavy atom. The lowest BCUT2D eigenvalue weighted by molar-refractivity contribution is -0.130. The highest BCUT2D eigenvalue weighted by atomic mass is 32.1. The van der Waals surface area contributed by atoms with E-state index in [-0.39, 0.29) is 12.3 Å². The van der Waals surface area contributed by atoms with E-state index in [2.05, 4.69) is 4.98 Å². The van der Waals surface area contributed by atoms with Crippen LogP contribution in [0.2, 0.25) is 0 Å². The summed E-state index contributed by atoms with van der Waals surface area (Å²) in [6.45, 7) is 3.21. The second-order valence-corrected chi connectivity index (χ2v) is 5.50. The van der Waals surface area contributed by atoms with Crippen molar-refractivity contribution in [1.29, 1.82) is 0 Å². The van der Waals surface area contributed by atoms with Crippen LogP contribution in [-0.4, -0.2) is 29.4 Å². The fraction of sp³-hybridized carbons (Fsp3) is 0.333. The predicted molar refractivity (Wildman–Crippen MR) is 84.3 cm³/mol. The summed E-state index contributed by atoms with van der Waals surface area (Å²) in [5.74, 6) is 0.865. The molecule has 0 atom stereocenters. The number of methoxy groups -OCH3 is 1. The number of aromatic nitrogens is 1. The maximum absolute atomic E-state index is 12.3. The monoisotopic (exact) mass is 305 g/mol. The topological polar surface area (TPSA) is 68.5 Å². The molecule has 5 nitrogen and oxygen atoms in total. The summed E-state index contributed by atoms with van der Waals surface area (Å²) < 4.78 is 5.13. The molecule has 0 aliphatic rings. The molecule has 2 aromatic rings. The number of anilines is 1. The number of likely N-dealkylation sites (N-methyl/N-ethyl adjacent to an activating group) is 1. The Hall–Kier alpha value is -2.08. The van der Waals surface area contributed by atoms with Gasteiger partial charge in [0, 0.05) is 18.5 Å². The van der Waals surface area contributed by atoms with Crippen molar-refractivity contribution >= 4 is 22.4 Å². The summed E-state index contributed by atoms with van der Waals surface area (Å²) in [7, 11) is 1.64. The lowest BCUT2D eigenvalue weighted by Crippen LogP contribution is -2.31. The molecule has 0 saturated carbocycles. The fourth-order valence-corrected chi connectivity index (χ4v) is 2.56. The zero-order chi connectivity index (χ0) is 15.2. The number of amides is 1. The number of rotatable bonds is 6. The molecule has 2 rings (SSSR count). The molecule has 2 N–H and O–H groups in total. The zero-order valence-corrected chi connectivity index (χ0v) is 13.0. The molecule has 112 valence electrons. The molecular formula is C15H19N3O2S. The summed E-state index contributed by atoms with van der Waals surface area (Å²) in [4.78, 5) is 18.2. The average molecular weight is 305 g/mol. The van der Waals surface area contributed by atoms with Gasteiger partial charge < -0.3 is 15.4 Å². The first kappa shape index (κ1) is 15.3. The molecule has 1 aromatic heterocycles. The van der Waals surface area contributed by atoms with Crippen molar-refractivity contribution < 1.29 is 9.53 Å². The third-order valence-electron chi connectivity index (χ3n) is 3.17. The highest BCUT2D eigenvalue weighted by Gasteiger charge is 2.14. The minimum absolute atomic E-state index is 0.0543. The van der Waals surface area contributed by atoms with Gasteiger partial charge in [-0.05, 0) is 24.6 Å². The standard InChI is InChI=1S/C15H19N3O2S/c1-3-18(9-11-4-6-13(20-2)7-5-11)14(19)8-12-10-21-15(16)17-12/h4-7,10H,3,8-9H2,1-2H3,(H2,16,17). The maximum Gasteiger partial charge on any atom is 0.228 e. The number of thiazole rings is 1. The second kappa shape index (κ2) is 7.08. The van der Waals surface area contributed by atoms with E-state index in [9.17, 15) is 4.79 Å². The summed E-state index contributed by atoms with van der Waals surface area (Å²) in [6.07, 6.45) is 0.289. The lowest BCUT2D eigenvalue weighted by atomic mass is 10.2. The lowest BCUT2D eigenvalue weighted by Gasteiger charge is -2.20. The number of benzene rings is 1. The molecule has 6 heteroatoms. The van der Waals surface area contributed by atoms with E-state index in [1.807, 2.05) is 36.6 Å². The number of hydrogen-bond acceptors (Lipinski definition) is 5. The average Bonchev–Trinajstić information content (AvgIpc) is 2.90. The van der Waals surface area contributed by atoms with Crippen LogP contribution in [0, 0.1) is 0 Å². The first-order valence-corrected chi connectivity index (χ1v) is 7.61. The van der Waals surface area contributed by atoms with Gasteiger partial charge in [-0.15, -0.1) is 11.3 Å². The van der Waals surface area contributed by atoms with Crippen molar-refractivity contribution in [2.24, 2.45) is 0 Å². The summed E-state index contributed by atoms with van der Waals surface area (Å²) >= 11 is 1.36. The van der Waals surface area contributed by atoms with Crippen LogP contribution in [0.4, 0.5) is 5.13 Å². The van der Waals surface area contributed by atoms with Crippen molar-refractivity contribution in [3.8, 4) is 5.75 Å². The highest BCUT2D eigenvalue weighted by molar-refractivity contribution is 7.13. The van der Waals surface area contributed by atoms with E-state index in [0.29, 0.717) is 18.2 Å². The van der Waals surface area contributed by atoms with E-state index >= 15 is 0 Å².